The molecule has 0 heterocycles. The Hall–Kier alpha value is -0.610. The smallest absolute Gasteiger partial charge is 0.223 e. The molecular weight excluding hydrogens is 216 g/mol. The Balaban J connectivity index is 1.88. The van der Waals surface area contributed by atoms with Gasteiger partial charge in [-0.15, -0.1) is 0 Å². The maximum atomic E-state index is 12.2. The second-order valence-electron chi connectivity index (χ2n) is 5.52. The maximum Gasteiger partial charge on any atom is 0.223 e. The fourth-order valence-corrected chi connectivity index (χ4v) is 3.40. The van der Waals surface area contributed by atoms with Crippen molar-refractivity contribution in [3.63, 3.8) is 0 Å². The van der Waals surface area contributed by atoms with Crippen molar-refractivity contribution >= 4 is 5.91 Å². The van der Waals surface area contributed by atoms with E-state index in [4.69, 9.17) is 5.73 Å². The Morgan fingerprint density at radius 1 is 1.18 bits per heavy atom. The van der Waals surface area contributed by atoms with E-state index in [-0.39, 0.29) is 30.4 Å². The van der Waals surface area contributed by atoms with Crippen LogP contribution in [0.15, 0.2) is 0 Å². The number of carbonyl (C=O) groups is 1. The van der Waals surface area contributed by atoms with Gasteiger partial charge in [-0.05, 0) is 38.1 Å². The van der Waals surface area contributed by atoms with E-state index in [1.165, 1.54) is 0 Å². The van der Waals surface area contributed by atoms with E-state index in [1.807, 2.05) is 0 Å². The second kappa shape index (κ2) is 5.83. The highest BCUT2D eigenvalue weighted by atomic mass is 16.3. The van der Waals surface area contributed by atoms with Gasteiger partial charge >= 0.3 is 0 Å². The molecule has 0 aromatic heterocycles. The van der Waals surface area contributed by atoms with Crippen LogP contribution in [0.25, 0.3) is 0 Å². The van der Waals surface area contributed by atoms with Crippen LogP contribution in [0, 0.1) is 17.8 Å². The molecule has 2 fully saturated rings. The highest BCUT2D eigenvalue weighted by Gasteiger charge is 2.35. The fourth-order valence-electron chi connectivity index (χ4n) is 3.40. The quantitative estimate of drug-likeness (QED) is 0.675. The number of rotatable bonds is 4. The van der Waals surface area contributed by atoms with E-state index in [1.54, 1.807) is 0 Å². The number of carbonyl (C=O) groups excluding carboxylic acids is 1. The van der Waals surface area contributed by atoms with Crippen molar-refractivity contribution in [1.29, 1.82) is 0 Å². The van der Waals surface area contributed by atoms with Crippen LogP contribution in [0.1, 0.15) is 38.5 Å². The first-order valence-corrected chi connectivity index (χ1v) is 6.87. The van der Waals surface area contributed by atoms with E-state index < -0.39 is 0 Å². The van der Waals surface area contributed by atoms with Crippen LogP contribution in [0.2, 0.25) is 0 Å². The zero-order chi connectivity index (χ0) is 12.3. The molecule has 0 aliphatic heterocycles. The third-order valence-corrected chi connectivity index (χ3v) is 4.52. The summed E-state index contributed by atoms with van der Waals surface area (Å²) in [5.74, 6) is 0.906. The van der Waals surface area contributed by atoms with Crippen molar-refractivity contribution in [3.8, 4) is 0 Å². The minimum absolute atomic E-state index is 0.111. The van der Waals surface area contributed by atoms with Crippen LogP contribution < -0.4 is 11.1 Å². The highest BCUT2D eigenvalue weighted by Crippen LogP contribution is 2.32. The van der Waals surface area contributed by atoms with Gasteiger partial charge in [-0.1, -0.05) is 12.8 Å². The number of nitrogens with two attached hydrogens (primary N) is 1. The molecule has 0 aromatic rings. The van der Waals surface area contributed by atoms with Crippen LogP contribution in [-0.4, -0.2) is 30.2 Å². The zero-order valence-corrected chi connectivity index (χ0v) is 10.4. The molecule has 0 saturated heterocycles. The monoisotopic (exact) mass is 240 g/mol. The lowest BCUT2D eigenvalue weighted by molar-refractivity contribution is -0.127. The summed E-state index contributed by atoms with van der Waals surface area (Å²) < 4.78 is 0. The summed E-state index contributed by atoms with van der Waals surface area (Å²) >= 11 is 0. The normalized spacial score (nSPS) is 37.3. The minimum atomic E-state index is 0.111. The lowest BCUT2D eigenvalue weighted by Gasteiger charge is -2.23. The van der Waals surface area contributed by atoms with Crippen molar-refractivity contribution in [1.82, 2.24) is 5.32 Å². The third kappa shape index (κ3) is 2.80. The van der Waals surface area contributed by atoms with Crippen molar-refractivity contribution in [2.45, 2.75) is 44.6 Å². The molecule has 0 bridgehead atoms. The van der Waals surface area contributed by atoms with Gasteiger partial charge in [0.1, 0.15) is 0 Å². The standard InChI is InChI=1S/C13H24N2O2/c14-7-9-3-1-5-11(9)13(17)15-12-6-2-4-10(12)8-16/h9-12,16H,1-8,14H2,(H,15,17). The Labute approximate surface area is 103 Å². The Bertz CT molecular complexity index is 270. The van der Waals surface area contributed by atoms with E-state index in [0.717, 1.165) is 38.5 Å². The van der Waals surface area contributed by atoms with E-state index in [0.29, 0.717) is 12.5 Å². The van der Waals surface area contributed by atoms with Gasteiger partial charge in [-0.25, -0.2) is 0 Å². The molecule has 2 saturated carbocycles. The molecule has 4 N–H and O–H groups in total. The molecule has 0 radical (unpaired) electrons. The molecule has 0 aromatic carbocycles. The Kier molecular flexibility index (Phi) is 4.40. The predicted octanol–water partition coefficient (Wildman–Crippen LogP) is 0.639. The average molecular weight is 240 g/mol. The van der Waals surface area contributed by atoms with Gasteiger partial charge in [0.15, 0.2) is 0 Å². The van der Waals surface area contributed by atoms with E-state index in [9.17, 15) is 9.90 Å². The molecule has 4 heteroatoms. The Morgan fingerprint density at radius 2 is 1.88 bits per heavy atom. The molecule has 4 nitrogen and oxygen atoms in total. The van der Waals surface area contributed by atoms with Gasteiger partial charge < -0.3 is 16.2 Å². The summed E-state index contributed by atoms with van der Waals surface area (Å²) in [7, 11) is 0. The van der Waals surface area contributed by atoms with Gasteiger partial charge in [-0.3, -0.25) is 4.79 Å². The molecule has 0 spiro atoms. The number of hydrogen-bond acceptors (Lipinski definition) is 3. The maximum absolute atomic E-state index is 12.2. The summed E-state index contributed by atoms with van der Waals surface area (Å²) in [6.07, 6.45) is 6.34. The molecule has 2 aliphatic rings. The van der Waals surface area contributed by atoms with Gasteiger partial charge in [0.2, 0.25) is 5.91 Å². The first-order valence-electron chi connectivity index (χ1n) is 6.87. The summed E-state index contributed by atoms with van der Waals surface area (Å²) in [4.78, 5) is 12.2. The van der Waals surface area contributed by atoms with Crippen LogP contribution >= 0.6 is 0 Å². The number of aliphatic hydroxyl groups excluding tert-OH is 1. The third-order valence-electron chi connectivity index (χ3n) is 4.52. The lowest BCUT2D eigenvalue weighted by atomic mass is 9.94. The van der Waals surface area contributed by atoms with Gasteiger partial charge in [0, 0.05) is 24.5 Å². The van der Waals surface area contributed by atoms with Crippen LogP contribution in [0.4, 0.5) is 0 Å². The topological polar surface area (TPSA) is 75.4 Å². The first kappa shape index (κ1) is 12.8. The van der Waals surface area contributed by atoms with Crippen LogP contribution in [0.5, 0.6) is 0 Å². The molecule has 4 unspecified atom stereocenters. The van der Waals surface area contributed by atoms with Crippen LogP contribution in [-0.2, 0) is 4.79 Å². The SMILES string of the molecule is NCC1CCCC1C(=O)NC1CCCC1CO. The summed E-state index contributed by atoms with van der Waals surface area (Å²) in [5, 5.41) is 12.4. The second-order valence-corrected chi connectivity index (χ2v) is 5.52. The van der Waals surface area contributed by atoms with Crippen molar-refractivity contribution in [2.24, 2.45) is 23.5 Å². The van der Waals surface area contributed by atoms with E-state index in [2.05, 4.69) is 5.32 Å². The molecular formula is C13H24N2O2. The largest absolute Gasteiger partial charge is 0.396 e. The van der Waals surface area contributed by atoms with Gasteiger partial charge in [0.25, 0.3) is 0 Å². The zero-order valence-electron chi connectivity index (χ0n) is 10.4. The van der Waals surface area contributed by atoms with E-state index >= 15 is 0 Å². The molecule has 2 aliphatic carbocycles. The predicted molar refractivity (Wildman–Crippen MR) is 66.2 cm³/mol. The average Bonchev–Trinajstić information content (AvgIpc) is 2.96. The number of aliphatic hydroxyl groups is 1. The molecule has 1 amide bonds. The molecule has 4 atom stereocenters. The van der Waals surface area contributed by atoms with Crippen LogP contribution in [0.3, 0.4) is 0 Å². The lowest BCUT2D eigenvalue weighted by Crippen LogP contribution is -2.43. The van der Waals surface area contributed by atoms with Crippen molar-refractivity contribution < 1.29 is 9.90 Å². The summed E-state index contributed by atoms with van der Waals surface area (Å²) in [6.45, 7) is 0.808. The first-order chi connectivity index (χ1) is 8.26. The summed E-state index contributed by atoms with van der Waals surface area (Å²) in [5.41, 5.74) is 5.70. The van der Waals surface area contributed by atoms with Crippen molar-refractivity contribution in [3.05, 3.63) is 0 Å². The molecule has 2 rings (SSSR count). The molecule has 17 heavy (non-hydrogen) atoms. The number of hydrogen-bond donors (Lipinski definition) is 3. The van der Waals surface area contributed by atoms with Crippen molar-refractivity contribution in [2.75, 3.05) is 13.2 Å². The summed E-state index contributed by atoms with van der Waals surface area (Å²) in [6, 6.07) is 0.187. The number of nitrogens with one attached hydrogen (secondary N) is 1. The fraction of sp³-hybridized carbons (Fsp3) is 0.923. The number of amides is 1. The van der Waals surface area contributed by atoms with Gasteiger partial charge in [-0.2, -0.15) is 0 Å². The highest BCUT2D eigenvalue weighted by molar-refractivity contribution is 5.79. The molecule has 98 valence electrons. The minimum Gasteiger partial charge on any atom is -0.396 e. The van der Waals surface area contributed by atoms with Gasteiger partial charge in [0.05, 0.1) is 0 Å². The Morgan fingerprint density at radius 3 is 2.59 bits per heavy atom.